The Morgan fingerprint density at radius 2 is 2.24 bits per heavy atom. The summed E-state index contributed by atoms with van der Waals surface area (Å²) in [5, 5.41) is 8.36. The molecule has 25 heavy (non-hydrogen) atoms. The molecule has 0 saturated carbocycles. The Morgan fingerprint density at radius 1 is 1.44 bits per heavy atom. The molecule has 136 valence electrons. The minimum Gasteiger partial charge on any atom is -0.489 e. The molecule has 0 aliphatic carbocycles. The van der Waals surface area contributed by atoms with Crippen molar-refractivity contribution in [1.29, 1.82) is 0 Å². The summed E-state index contributed by atoms with van der Waals surface area (Å²) in [7, 11) is 1.14. The number of hydrogen-bond donors (Lipinski definition) is 3. The van der Waals surface area contributed by atoms with Crippen molar-refractivity contribution in [2.75, 3.05) is 43.7 Å². The van der Waals surface area contributed by atoms with Crippen molar-refractivity contribution in [2.24, 2.45) is 0 Å². The number of nitrogens with one attached hydrogen (secondary N) is 3. The predicted molar refractivity (Wildman–Crippen MR) is 84.4 cm³/mol. The van der Waals surface area contributed by atoms with Crippen molar-refractivity contribution in [3.63, 3.8) is 0 Å². The number of amides is 1. The first kappa shape index (κ1) is 17.1. The SMILES string of the molecule is COC(=O)Nc1cc2c(c(C(F)(F)F)c1)OCCN2CC1=CNCN1. The lowest BCUT2D eigenvalue weighted by molar-refractivity contribution is -0.138. The van der Waals surface area contributed by atoms with Crippen LogP contribution >= 0.6 is 0 Å². The maximum absolute atomic E-state index is 13.4. The molecular formula is C15H17F3N4O3. The van der Waals surface area contributed by atoms with Crippen LogP contribution in [0, 0.1) is 0 Å². The molecule has 0 unspecified atom stereocenters. The van der Waals surface area contributed by atoms with E-state index in [1.807, 2.05) is 0 Å². The van der Waals surface area contributed by atoms with Crippen LogP contribution in [0.1, 0.15) is 5.56 Å². The second-order valence-electron chi connectivity index (χ2n) is 5.48. The quantitative estimate of drug-likeness (QED) is 0.768. The van der Waals surface area contributed by atoms with Crippen LogP contribution in [-0.4, -0.2) is 39.6 Å². The molecule has 2 aliphatic rings. The number of halogens is 3. The third kappa shape index (κ3) is 3.67. The third-order valence-electron chi connectivity index (χ3n) is 3.81. The smallest absolute Gasteiger partial charge is 0.420 e. The minimum absolute atomic E-state index is 0.0140. The van der Waals surface area contributed by atoms with E-state index in [0.717, 1.165) is 18.9 Å². The molecule has 3 N–H and O–H groups in total. The largest absolute Gasteiger partial charge is 0.489 e. The topological polar surface area (TPSA) is 74.9 Å². The molecule has 1 amide bonds. The van der Waals surface area contributed by atoms with Gasteiger partial charge in [-0.25, -0.2) is 4.79 Å². The summed E-state index contributed by atoms with van der Waals surface area (Å²) >= 11 is 0. The van der Waals surface area contributed by atoms with E-state index in [1.54, 1.807) is 11.1 Å². The number of carbonyl (C=O) groups excluding carboxylic acids is 1. The predicted octanol–water partition coefficient (Wildman–Crippen LogP) is 2.07. The lowest BCUT2D eigenvalue weighted by atomic mass is 10.1. The number of nitrogens with zero attached hydrogens (tertiary/aromatic N) is 1. The summed E-state index contributed by atoms with van der Waals surface area (Å²) in [4.78, 5) is 13.1. The second-order valence-corrected chi connectivity index (χ2v) is 5.48. The molecule has 2 aliphatic heterocycles. The molecule has 10 heteroatoms. The molecule has 0 fully saturated rings. The van der Waals surface area contributed by atoms with Gasteiger partial charge < -0.3 is 25.0 Å². The molecule has 3 rings (SSSR count). The van der Waals surface area contributed by atoms with Crippen molar-refractivity contribution in [3.05, 3.63) is 29.6 Å². The first-order valence-corrected chi connectivity index (χ1v) is 7.53. The van der Waals surface area contributed by atoms with Gasteiger partial charge in [0.2, 0.25) is 0 Å². The molecule has 0 spiro atoms. The highest BCUT2D eigenvalue weighted by molar-refractivity contribution is 5.86. The van der Waals surface area contributed by atoms with Crippen LogP contribution in [0.15, 0.2) is 24.0 Å². The van der Waals surface area contributed by atoms with Crippen LogP contribution in [0.3, 0.4) is 0 Å². The summed E-state index contributed by atoms with van der Waals surface area (Å²) < 4.78 is 50.0. The van der Waals surface area contributed by atoms with E-state index >= 15 is 0 Å². The van der Waals surface area contributed by atoms with E-state index < -0.39 is 17.8 Å². The fourth-order valence-corrected chi connectivity index (χ4v) is 2.69. The number of ether oxygens (including phenoxy) is 2. The van der Waals surface area contributed by atoms with Gasteiger partial charge in [-0.1, -0.05) is 0 Å². The monoisotopic (exact) mass is 358 g/mol. The number of rotatable bonds is 3. The number of methoxy groups -OCH3 is 1. The van der Waals surface area contributed by atoms with Gasteiger partial charge in [0, 0.05) is 17.6 Å². The first-order chi connectivity index (χ1) is 11.9. The fraction of sp³-hybridized carbons (Fsp3) is 0.400. The zero-order chi connectivity index (χ0) is 18.0. The van der Waals surface area contributed by atoms with Crippen molar-refractivity contribution in [1.82, 2.24) is 10.6 Å². The number of anilines is 2. The van der Waals surface area contributed by atoms with Crippen LogP contribution in [-0.2, 0) is 10.9 Å². The van der Waals surface area contributed by atoms with Crippen molar-refractivity contribution in [2.45, 2.75) is 6.18 Å². The number of benzene rings is 1. The van der Waals surface area contributed by atoms with Gasteiger partial charge in [-0.3, -0.25) is 5.32 Å². The van der Waals surface area contributed by atoms with Gasteiger partial charge in [0.15, 0.2) is 5.75 Å². The molecule has 7 nitrogen and oxygen atoms in total. The molecular weight excluding hydrogens is 341 g/mol. The van der Waals surface area contributed by atoms with E-state index in [4.69, 9.17) is 4.74 Å². The normalized spacial score (nSPS) is 16.2. The maximum Gasteiger partial charge on any atom is 0.420 e. The Hall–Kier alpha value is -2.78. The Morgan fingerprint density at radius 3 is 2.88 bits per heavy atom. The lowest BCUT2D eigenvalue weighted by Crippen LogP contribution is -2.37. The number of hydrogen-bond acceptors (Lipinski definition) is 6. The molecule has 1 aromatic rings. The molecule has 0 aromatic heterocycles. The molecule has 2 heterocycles. The van der Waals surface area contributed by atoms with Crippen LogP contribution < -0.4 is 25.6 Å². The number of fused-ring (bicyclic) bond motifs is 1. The number of alkyl halides is 3. The van der Waals surface area contributed by atoms with Crippen molar-refractivity contribution in [3.8, 4) is 5.75 Å². The van der Waals surface area contributed by atoms with Gasteiger partial charge in [0.25, 0.3) is 0 Å². The highest BCUT2D eigenvalue weighted by Crippen LogP contribution is 2.45. The third-order valence-corrected chi connectivity index (χ3v) is 3.81. The highest BCUT2D eigenvalue weighted by Gasteiger charge is 2.38. The van der Waals surface area contributed by atoms with Crippen molar-refractivity contribution >= 4 is 17.5 Å². The molecule has 0 bridgehead atoms. The van der Waals surface area contributed by atoms with Gasteiger partial charge in [-0.05, 0) is 12.1 Å². The van der Waals surface area contributed by atoms with Crippen molar-refractivity contribution < 1.29 is 27.4 Å². The maximum atomic E-state index is 13.4. The van der Waals surface area contributed by atoms with E-state index in [2.05, 4.69) is 20.7 Å². The zero-order valence-corrected chi connectivity index (χ0v) is 13.4. The van der Waals surface area contributed by atoms with Crippen LogP contribution in [0.5, 0.6) is 5.75 Å². The van der Waals surface area contributed by atoms with Crippen LogP contribution in [0.4, 0.5) is 29.3 Å². The Bertz CT molecular complexity index is 706. The zero-order valence-electron chi connectivity index (χ0n) is 13.4. The van der Waals surface area contributed by atoms with E-state index in [9.17, 15) is 18.0 Å². The summed E-state index contributed by atoms with van der Waals surface area (Å²) in [5.74, 6) is -0.235. The molecule has 0 atom stereocenters. The molecule has 0 saturated heterocycles. The average Bonchev–Trinajstić information content (AvgIpc) is 3.07. The van der Waals surface area contributed by atoms with Gasteiger partial charge in [-0.15, -0.1) is 0 Å². The van der Waals surface area contributed by atoms with Crippen LogP contribution in [0.2, 0.25) is 0 Å². The summed E-state index contributed by atoms with van der Waals surface area (Å²) in [6.45, 7) is 1.53. The van der Waals surface area contributed by atoms with Gasteiger partial charge >= 0.3 is 12.3 Å². The molecule has 1 aromatic carbocycles. The average molecular weight is 358 g/mol. The van der Waals surface area contributed by atoms with Gasteiger partial charge in [0.05, 0.1) is 32.6 Å². The Balaban J connectivity index is 2.00. The second kappa shape index (κ2) is 6.61. The van der Waals surface area contributed by atoms with Gasteiger partial charge in [0.1, 0.15) is 12.2 Å². The van der Waals surface area contributed by atoms with Crippen LogP contribution in [0.25, 0.3) is 0 Å². The van der Waals surface area contributed by atoms with E-state index in [0.29, 0.717) is 19.8 Å². The fourth-order valence-electron chi connectivity index (χ4n) is 2.69. The Labute approximate surface area is 141 Å². The highest BCUT2D eigenvalue weighted by atomic mass is 19.4. The van der Waals surface area contributed by atoms with E-state index in [1.165, 1.54) is 6.07 Å². The van der Waals surface area contributed by atoms with Gasteiger partial charge in [-0.2, -0.15) is 13.2 Å². The van der Waals surface area contributed by atoms with E-state index in [-0.39, 0.29) is 23.7 Å². The lowest BCUT2D eigenvalue weighted by Gasteiger charge is -2.33. The summed E-state index contributed by atoms with van der Waals surface area (Å²) in [6, 6.07) is 2.29. The summed E-state index contributed by atoms with van der Waals surface area (Å²) in [6.07, 6.45) is -3.69. The Kier molecular flexibility index (Phi) is 4.51. The summed E-state index contributed by atoms with van der Waals surface area (Å²) in [5.41, 5.74) is 0.169. The number of carbonyl (C=O) groups is 1. The first-order valence-electron chi connectivity index (χ1n) is 7.53. The standard InChI is InChI=1S/C15H17F3N4O3/c1-24-14(23)21-9-4-11(15(16,17)18)13-12(5-9)22(2-3-25-13)7-10-6-19-8-20-10/h4-6,19-20H,2-3,7-8H2,1H3,(H,21,23). The minimum atomic E-state index is -4.62. The molecule has 0 radical (unpaired) electrons.